The van der Waals surface area contributed by atoms with Crippen molar-refractivity contribution in [2.24, 2.45) is 5.92 Å². The number of piperidine rings is 1. The summed E-state index contributed by atoms with van der Waals surface area (Å²) in [6.07, 6.45) is 7.03. The highest BCUT2D eigenvalue weighted by atomic mass is 16.1. The minimum atomic E-state index is -0.0192. The van der Waals surface area contributed by atoms with E-state index in [0.717, 1.165) is 36.5 Å². The fraction of sp³-hybridized carbons (Fsp3) is 0.400. The van der Waals surface area contributed by atoms with Crippen LogP contribution in [0, 0.1) is 5.92 Å². The summed E-state index contributed by atoms with van der Waals surface area (Å²) in [6.45, 7) is 5.91. The molecule has 0 amide bonds. The van der Waals surface area contributed by atoms with E-state index >= 15 is 0 Å². The molecule has 3 aromatic rings. The SMILES string of the molecule is CC(C)c1cc(N2CCC[C@H](C(=O)c3cccnc3)C2)n2nccc2n1. The Balaban J connectivity index is 1.65. The van der Waals surface area contributed by atoms with Crippen LogP contribution in [0.25, 0.3) is 5.65 Å². The van der Waals surface area contributed by atoms with E-state index in [4.69, 9.17) is 4.98 Å². The molecule has 0 aromatic carbocycles. The second-order valence-electron chi connectivity index (χ2n) is 7.19. The minimum Gasteiger partial charge on any atom is -0.356 e. The molecule has 26 heavy (non-hydrogen) atoms. The fourth-order valence-corrected chi connectivity index (χ4v) is 3.58. The Morgan fingerprint density at radius 3 is 2.92 bits per heavy atom. The highest BCUT2D eigenvalue weighted by molar-refractivity contribution is 5.98. The normalized spacial score (nSPS) is 17.8. The van der Waals surface area contributed by atoms with Crippen LogP contribution >= 0.6 is 0 Å². The maximum atomic E-state index is 12.9. The summed E-state index contributed by atoms with van der Waals surface area (Å²) in [5.41, 5.74) is 2.60. The summed E-state index contributed by atoms with van der Waals surface area (Å²) in [7, 11) is 0. The third-order valence-corrected chi connectivity index (χ3v) is 5.01. The average molecular weight is 349 g/mol. The quantitative estimate of drug-likeness (QED) is 0.676. The Labute approximate surface area is 152 Å². The fourth-order valence-electron chi connectivity index (χ4n) is 3.58. The molecule has 4 rings (SSSR count). The van der Waals surface area contributed by atoms with E-state index in [9.17, 15) is 4.79 Å². The van der Waals surface area contributed by atoms with Crippen LogP contribution in [-0.2, 0) is 0 Å². The van der Waals surface area contributed by atoms with Crippen molar-refractivity contribution < 1.29 is 4.79 Å². The highest BCUT2D eigenvalue weighted by Crippen LogP contribution is 2.27. The molecule has 0 saturated carbocycles. The first-order chi connectivity index (χ1) is 12.6. The van der Waals surface area contributed by atoms with Gasteiger partial charge in [0.05, 0.1) is 6.20 Å². The number of pyridine rings is 1. The van der Waals surface area contributed by atoms with Crippen LogP contribution in [0.5, 0.6) is 0 Å². The van der Waals surface area contributed by atoms with Gasteiger partial charge in [0.2, 0.25) is 0 Å². The van der Waals surface area contributed by atoms with Gasteiger partial charge >= 0.3 is 0 Å². The number of hydrogen-bond donors (Lipinski definition) is 0. The number of carbonyl (C=O) groups is 1. The minimum absolute atomic E-state index is 0.0192. The number of carbonyl (C=O) groups excluding carboxylic acids is 1. The van der Waals surface area contributed by atoms with Gasteiger partial charge in [-0.15, -0.1) is 0 Å². The molecule has 0 bridgehead atoms. The number of fused-ring (bicyclic) bond motifs is 1. The number of hydrogen-bond acceptors (Lipinski definition) is 5. The molecule has 0 spiro atoms. The summed E-state index contributed by atoms with van der Waals surface area (Å²) in [6, 6.07) is 7.71. The lowest BCUT2D eigenvalue weighted by Crippen LogP contribution is -2.40. The second kappa shape index (κ2) is 6.86. The van der Waals surface area contributed by atoms with Gasteiger partial charge in [-0.25, -0.2) is 4.98 Å². The number of Topliss-reactive ketones (excluding diaryl/α,β-unsaturated/α-hetero) is 1. The number of aromatic nitrogens is 4. The number of nitrogens with zero attached hydrogens (tertiary/aromatic N) is 5. The summed E-state index contributed by atoms with van der Waals surface area (Å²) in [4.78, 5) is 23.9. The predicted octanol–water partition coefficient (Wildman–Crippen LogP) is 3.35. The molecule has 0 radical (unpaired) electrons. The summed E-state index contributed by atoms with van der Waals surface area (Å²) in [5.74, 6) is 1.52. The van der Waals surface area contributed by atoms with Gasteiger partial charge in [-0.3, -0.25) is 9.78 Å². The van der Waals surface area contributed by atoms with Gasteiger partial charge in [0.25, 0.3) is 0 Å². The van der Waals surface area contributed by atoms with Crippen molar-refractivity contribution in [1.82, 2.24) is 19.6 Å². The van der Waals surface area contributed by atoms with E-state index in [0.29, 0.717) is 18.0 Å². The van der Waals surface area contributed by atoms with Gasteiger partial charge in [-0.1, -0.05) is 13.8 Å². The van der Waals surface area contributed by atoms with Gasteiger partial charge in [0, 0.05) is 54.8 Å². The maximum Gasteiger partial charge on any atom is 0.169 e. The van der Waals surface area contributed by atoms with Crippen LogP contribution in [0.15, 0.2) is 42.9 Å². The molecule has 1 saturated heterocycles. The molecule has 4 heterocycles. The molecule has 6 heteroatoms. The van der Waals surface area contributed by atoms with Crippen LogP contribution in [0.1, 0.15) is 48.7 Å². The van der Waals surface area contributed by atoms with Crippen molar-refractivity contribution in [2.45, 2.75) is 32.6 Å². The highest BCUT2D eigenvalue weighted by Gasteiger charge is 2.28. The topological polar surface area (TPSA) is 63.4 Å². The van der Waals surface area contributed by atoms with E-state index < -0.39 is 0 Å². The zero-order chi connectivity index (χ0) is 18.1. The van der Waals surface area contributed by atoms with Gasteiger partial charge in [0.15, 0.2) is 11.4 Å². The van der Waals surface area contributed by atoms with Crippen molar-refractivity contribution in [3.63, 3.8) is 0 Å². The smallest absolute Gasteiger partial charge is 0.169 e. The first kappa shape index (κ1) is 16.7. The molecular formula is C20H23N5O. The lowest BCUT2D eigenvalue weighted by atomic mass is 9.90. The van der Waals surface area contributed by atoms with Crippen molar-refractivity contribution in [1.29, 1.82) is 0 Å². The first-order valence-electron chi connectivity index (χ1n) is 9.17. The summed E-state index contributed by atoms with van der Waals surface area (Å²) in [5, 5.41) is 4.44. The second-order valence-corrected chi connectivity index (χ2v) is 7.19. The largest absolute Gasteiger partial charge is 0.356 e. The Bertz CT molecular complexity index is 918. The third-order valence-electron chi connectivity index (χ3n) is 5.01. The zero-order valence-corrected chi connectivity index (χ0v) is 15.2. The van der Waals surface area contributed by atoms with Gasteiger partial charge in [-0.2, -0.15) is 9.61 Å². The molecule has 6 nitrogen and oxygen atoms in total. The Morgan fingerprint density at radius 1 is 1.27 bits per heavy atom. The molecule has 1 fully saturated rings. The van der Waals surface area contributed by atoms with E-state index in [-0.39, 0.29) is 11.7 Å². The molecule has 0 unspecified atom stereocenters. The predicted molar refractivity (Wildman–Crippen MR) is 101 cm³/mol. The molecule has 134 valence electrons. The molecule has 0 N–H and O–H groups in total. The molecule has 1 aliphatic heterocycles. The lowest BCUT2D eigenvalue weighted by Gasteiger charge is -2.34. The van der Waals surface area contributed by atoms with Crippen LogP contribution in [0.4, 0.5) is 5.82 Å². The van der Waals surface area contributed by atoms with Crippen LogP contribution < -0.4 is 4.90 Å². The standard InChI is InChI=1S/C20H23N5O/c1-14(2)17-11-19(25-18(23-17)7-9-22-25)24-10-4-6-16(13-24)20(26)15-5-3-8-21-12-15/h3,5,7-9,11-12,14,16H,4,6,10,13H2,1-2H3/t16-/m0/s1. The van der Waals surface area contributed by atoms with Crippen molar-refractivity contribution in [3.05, 3.63) is 54.1 Å². The van der Waals surface area contributed by atoms with Crippen LogP contribution in [-0.4, -0.2) is 38.5 Å². The Morgan fingerprint density at radius 2 is 2.15 bits per heavy atom. The van der Waals surface area contributed by atoms with Crippen LogP contribution in [0.3, 0.4) is 0 Å². The molecular weight excluding hydrogens is 326 g/mol. The number of rotatable bonds is 4. The first-order valence-corrected chi connectivity index (χ1v) is 9.17. The average Bonchev–Trinajstić information content (AvgIpc) is 3.16. The van der Waals surface area contributed by atoms with Crippen LogP contribution in [0.2, 0.25) is 0 Å². The monoisotopic (exact) mass is 349 g/mol. The third kappa shape index (κ3) is 3.07. The van der Waals surface area contributed by atoms with Crippen molar-refractivity contribution >= 4 is 17.2 Å². The Hall–Kier alpha value is -2.76. The van der Waals surface area contributed by atoms with E-state index in [1.807, 2.05) is 22.7 Å². The van der Waals surface area contributed by atoms with Gasteiger partial charge in [0.1, 0.15) is 5.82 Å². The van der Waals surface area contributed by atoms with Crippen molar-refractivity contribution in [3.8, 4) is 0 Å². The molecule has 1 aliphatic rings. The molecule has 3 aromatic heterocycles. The maximum absolute atomic E-state index is 12.9. The van der Waals surface area contributed by atoms with E-state index in [1.54, 1.807) is 18.6 Å². The lowest BCUT2D eigenvalue weighted by molar-refractivity contribution is 0.0906. The summed E-state index contributed by atoms with van der Waals surface area (Å²) >= 11 is 0. The molecule has 0 aliphatic carbocycles. The van der Waals surface area contributed by atoms with Gasteiger partial charge in [-0.05, 0) is 30.9 Å². The van der Waals surface area contributed by atoms with Crippen molar-refractivity contribution in [2.75, 3.05) is 18.0 Å². The van der Waals surface area contributed by atoms with E-state index in [2.05, 4.69) is 34.9 Å². The van der Waals surface area contributed by atoms with Gasteiger partial charge < -0.3 is 4.90 Å². The van der Waals surface area contributed by atoms with E-state index in [1.165, 1.54) is 0 Å². The molecule has 1 atom stereocenters. The number of ketones is 1. The summed E-state index contributed by atoms with van der Waals surface area (Å²) < 4.78 is 1.88. The number of anilines is 1. The Kier molecular flexibility index (Phi) is 4.41. The zero-order valence-electron chi connectivity index (χ0n) is 15.2.